The molecule has 0 aromatic heterocycles. The smallest absolute Gasteiger partial charge is 0.420 e. The van der Waals surface area contributed by atoms with Gasteiger partial charge in [0, 0.05) is 11.3 Å². The molecule has 1 amide bonds. The lowest BCUT2D eigenvalue weighted by Crippen LogP contribution is -2.14. The molecule has 0 unspecified atom stereocenters. The second-order valence-electron chi connectivity index (χ2n) is 6.75. The van der Waals surface area contributed by atoms with Crippen LogP contribution in [0.1, 0.15) is 15.9 Å². The summed E-state index contributed by atoms with van der Waals surface area (Å²) in [4.78, 5) is 12.7. The number of nitrogens with one attached hydrogen (secondary N) is 1. The number of amides is 1. The second-order valence-corrected chi connectivity index (χ2v) is 6.75. The molecule has 0 aliphatic carbocycles. The van der Waals surface area contributed by atoms with Crippen molar-refractivity contribution in [2.24, 2.45) is 0 Å². The Hall–Kier alpha value is -3.87. The van der Waals surface area contributed by atoms with Gasteiger partial charge in [-0.25, -0.2) is 4.39 Å². The third-order valence-corrected chi connectivity index (χ3v) is 4.62. The van der Waals surface area contributed by atoms with E-state index in [1.54, 1.807) is 24.3 Å². The van der Waals surface area contributed by atoms with Gasteiger partial charge < -0.3 is 10.1 Å². The first-order chi connectivity index (χ1) is 14.8. The summed E-state index contributed by atoms with van der Waals surface area (Å²) in [7, 11) is 0. The van der Waals surface area contributed by atoms with Gasteiger partial charge in [0.1, 0.15) is 22.9 Å². The largest absolute Gasteiger partial charge is 0.457 e. The Morgan fingerprint density at radius 1 is 0.839 bits per heavy atom. The Morgan fingerprint density at radius 2 is 1.55 bits per heavy atom. The zero-order valence-electron chi connectivity index (χ0n) is 15.9. The third kappa shape index (κ3) is 4.50. The van der Waals surface area contributed by atoms with Gasteiger partial charge >= 0.3 is 6.18 Å². The standard InChI is InChI=1S/C24H15F4NO2/c25-16-8-11-18(12-9-16)31-22-13-10-17(14-21(22)24(26,27)28)29-23(30)20-7-3-5-15-4-1-2-6-19(15)20/h1-14H,(H,29,30). The Morgan fingerprint density at radius 3 is 2.29 bits per heavy atom. The lowest BCUT2D eigenvalue weighted by molar-refractivity contribution is -0.138. The van der Waals surface area contributed by atoms with Crippen molar-refractivity contribution in [3.05, 3.63) is 102 Å². The predicted molar refractivity (Wildman–Crippen MR) is 110 cm³/mol. The van der Waals surface area contributed by atoms with Gasteiger partial charge in [-0.05, 0) is 59.3 Å². The molecule has 0 fully saturated rings. The number of anilines is 1. The van der Waals surface area contributed by atoms with Crippen LogP contribution in [0.15, 0.2) is 84.9 Å². The average Bonchev–Trinajstić information content (AvgIpc) is 2.75. The van der Waals surface area contributed by atoms with Gasteiger partial charge in [0.2, 0.25) is 0 Å². The van der Waals surface area contributed by atoms with E-state index in [2.05, 4.69) is 5.32 Å². The van der Waals surface area contributed by atoms with E-state index in [0.717, 1.165) is 29.7 Å². The highest BCUT2D eigenvalue weighted by molar-refractivity contribution is 6.12. The Bertz CT molecular complexity index is 1250. The van der Waals surface area contributed by atoms with Crippen LogP contribution < -0.4 is 10.1 Å². The van der Waals surface area contributed by atoms with Gasteiger partial charge in [-0.15, -0.1) is 0 Å². The molecule has 1 N–H and O–H groups in total. The molecule has 0 saturated heterocycles. The van der Waals surface area contributed by atoms with Crippen LogP contribution in [0.25, 0.3) is 10.8 Å². The Balaban J connectivity index is 1.64. The average molecular weight is 425 g/mol. The third-order valence-electron chi connectivity index (χ3n) is 4.62. The van der Waals surface area contributed by atoms with E-state index in [1.165, 1.54) is 18.2 Å². The molecule has 0 bridgehead atoms. The van der Waals surface area contributed by atoms with Gasteiger partial charge in [0.25, 0.3) is 5.91 Å². The van der Waals surface area contributed by atoms with Crippen LogP contribution in [0.4, 0.5) is 23.2 Å². The number of carbonyl (C=O) groups excluding carboxylic acids is 1. The predicted octanol–water partition coefficient (Wildman–Crippen LogP) is 7.04. The fourth-order valence-corrected chi connectivity index (χ4v) is 3.17. The van der Waals surface area contributed by atoms with E-state index >= 15 is 0 Å². The molecule has 0 spiro atoms. The summed E-state index contributed by atoms with van der Waals surface area (Å²) in [5.41, 5.74) is -0.748. The van der Waals surface area contributed by atoms with Crippen molar-refractivity contribution in [2.45, 2.75) is 6.18 Å². The summed E-state index contributed by atoms with van der Waals surface area (Å²) in [5, 5.41) is 4.05. The van der Waals surface area contributed by atoms with Crippen molar-refractivity contribution < 1.29 is 27.1 Å². The van der Waals surface area contributed by atoms with Crippen molar-refractivity contribution in [3.63, 3.8) is 0 Å². The molecule has 4 aromatic rings. The second kappa shape index (κ2) is 8.10. The zero-order chi connectivity index (χ0) is 22.0. The van der Waals surface area contributed by atoms with Gasteiger partial charge in [0.15, 0.2) is 0 Å². The fourth-order valence-electron chi connectivity index (χ4n) is 3.17. The van der Waals surface area contributed by atoms with Gasteiger partial charge in [-0.1, -0.05) is 36.4 Å². The molecule has 0 aliphatic heterocycles. The maximum Gasteiger partial charge on any atom is 0.420 e. The highest BCUT2D eigenvalue weighted by Crippen LogP contribution is 2.39. The van der Waals surface area contributed by atoms with Crippen LogP contribution in [-0.4, -0.2) is 5.91 Å². The maximum atomic E-state index is 13.6. The van der Waals surface area contributed by atoms with E-state index in [1.807, 2.05) is 18.2 Å². The Labute approximate surface area is 174 Å². The number of fused-ring (bicyclic) bond motifs is 1. The van der Waals surface area contributed by atoms with Crippen molar-refractivity contribution in [2.75, 3.05) is 5.32 Å². The molecule has 156 valence electrons. The van der Waals surface area contributed by atoms with Crippen molar-refractivity contribution in [3.8, 4) is 11.5 Å². The van der Waals surface area contributed by atoms with E-state index in [-0.39, 0.29) is 11.4 Å². The molecule has 0 heterocycles. The quantitative estimate of drug-likeness (QED) is 0.356. The molecular weight excluding hydrogens is 410 g/mol. The van der Waals surface area contributed by atoms with Crippen molar-refractivity contribution >= 4 is 22.4 Å². The van der Waals surface area contributed by atoms with Crippen LogP contribution in [-0.2, 0) is 6.18 Å². The first kappa shape index (κ1) is 20.4. The highest BCUT2D eigenvalue weighted by Gasteiger charge is 2.35. The van der Waals surface area contributed by atoms with E-state index < -0.39 is 29.2 Å². The fraction of sp³-hybridized carbons (Fsp3) is 0.0417. The van der Waals surface area contributed by atoms with E-state index in [9.17, 15) is 22.4 Å². The molecule has 31 heavy (non-hydrogen) atoms. The first-order valence-electron chi connectivity index (χ1n) is 9.25. The topological polar surface area (TPSA) is 38.3 Å². The summed E-state index contributed by atoms with van der Waals surface area (Å²) < 4.78 is 59.2. The number of hydrogen-bond acceptors (Lipinski definition) is 2. The van der Waals surface area contributed by atoms with Crippen LogP contribution in [0, 0.1) is 5.82 Å². The maximum absolute atomic E-state index is 13.6. The van der Waals surface area contributed by atoms with Gasteiger partial charge in [0.05, 0.1) is 0 Å². The van der Waals surface area contributed by atoms with Crippen molar-refractivity contribution in [1.29, 1.82) is 0 Å². The van der Waals surface area contributed by atoms with Crippen LogP contribution >= 0.6 is 0 Å². The number of halogens is 4. The number of carbonyl (C=O) groups is 1. The SMILES string of the molecule is O=C(Nc1ccc(Oc2ccc(F)cc2)c(C(F)(F)F)c1)c1cccc2ccccc12. The van der Waals surface area contributed by atoms with Crippen molar-refractivity contribution in [1.82, 2.24) is 0 Å². The molecule has 0 radical (unpaired) electrons. The van der Waals surface area contributed by atoms with Crippen LogP contribution in [0.5, 0.6) is 11.5 Å². The molecular formula is C24H15F4NO2. The van der Waals surface area contributed by atoms with Crippen LogP contribution in [0.2, 0.25) is 0 Å². The number of benzene rings is 4. The minimum atomic E-state index is -4.73. The Kier molecular flexibility index (Phi) is 5.33. The molecule has 4 aromatic carbocycles. The number of ether oxygens (including phenoxy) is 1. The summed E-state index contributed by atoms with van der Waals surface area (Å²) in [5.74, 6) is -1.46. The lowest BCUT2D eigenvalue weighted by atomic mass is 10.0. The number of alkyl halides is 3. The zero-order valence-corrected chi connectivity index (χ0v) is 15.9. The van der Waals surface area contributed by atoms with Gasteiger partial charge in [-0.3, -0.25) is 4.79 Å². The summed E-state index contributed by atoms with van der Waals surface area (Å²) >= 11 is 0. The number of rotatable bonds is 4. The summed E-state index contributed by atoms with van der Waals surface area (Å²) in [6.07, 6.45) is -4.73. The van der Waals surface area contributed by atoms with Gasteiger partial charge in [-0.2, -0.15) is 13.2 Å². The molecule has 4 rings (SSSR count). The monoisotopic (exact) mass is 425 g/mol. The highest BCUT2D eigenvalue weighted by atomic mass is 19.4. The minimum absolute atomic E-state index is 0.0308. The van der Waals surface area contributed by atoms with E-state index in [4.69, 9.17) is 4.74 Å². The molecule has 0 saturated carbocycles. The molecule has 3 nitrogen and oxygen atoms in total. The summed E-state index contributed by atoms with van der Waals surface area (Å²) in [6.45, 7) is 0. The molecule has 0 atom stereocenters. The summed E-state index contributed by atoms with van der Waals surface area (Å²) in [6, 6.07) is 20.2. The normalized spacial score (nSPS) is 11.4. The lowest BCUT2D eigenvalue weighted by Gasteiger charge is -2.16. The first-order valence-corrected chi connectivity index (χ1v) is 9.25. The number of hydrogen-bond donors (Lipinski definition) is 1. The van der Waals surface area contributed by atoms with Crippen LogP contribution in [0.3, 0.4) is 0 Å². The molecule has 0 aliphatic rings. The molecule has 7 heteroatoms. The van der Waals surface area contributed by atoms with E-state index in [0.29, 0.717) is 10.9 Å². The minimum Gasteiger partial charge on any atom is -0.457 e.